The van der Waals surface area contributed by atoms with Gasteiger partial charge in [-0.1, -0.05) is 20.8 Å². The van der Waals surface area contributed by atoms with E-state index in [0.717, 1.165) is 13.1 Å². The highest BCUT2D eigenvalue weighted by Gasteiger charge is 2.06. The SMILES string of the molecule is CCN(CCC(=O)O)CC(C)C. The smallest absolute Gasteiger partial charge is 0.304 e. The number of hydrogen-bond acceptors (Lipinski definition) is 2. The fourth-order valence-electron chi connectivity index (χ4n) is 1.15. The molecule has 0 amide bonds. The molecule has 0 rings (SSSR count). The van der Waals surface area contributed by atoms with E-state index in [4.69, 9.17) is 5.11 Å². The van der Waals surface area contributed by atoms with Gasteiger partial charge in [0, 0.05) is 13.1 Å². The predicted octanol–water partition coefficient (Wildman–Crippen LogP) is 1.44. The Morgan fingerprint density at radius 2 is 2.08 bits per heavy atom. The number of carbonyl (C=O) groups is 1. The van der Waals surface area contributed by atoms with Gasteiger partial charge in [-0.2, -0.15) is 0 Å². The van der Waals surface area contributed by atoms with Crippen LogP contribution in [-0.4, -0.2) is 35.6 Å². The molecule has 72 valence electrons. The van der Waals surface area contributed by atoms with Crippen molar-refractivity contribution in [3.63, 3.8) is 0 Å². The van der Waals surface area contributed by atoms with Crippen molar-refractivity contribution in [2.75, 3.05) is 19.6 Å². The monoisotopic (exact) mass is 173 g/mol. The second-order valence-electron chi connectivity index (χ2n) is 3.43. The van der Waals surface area contributed by atoms with Gasteiger partial charge in [0.05, 0.1) is 6.42 Å². The van der Waals surface area contributed by atoms with E-state index in [1.54, 1.807) is 0 Å². The van der Waals surface area contributed by atoms with Crippen LogP contribution in [0.1, 0.15) is 27.2 Å². The van der Waals surface area contributed by atoms with Crippen molar-refractivity contribution in [3.05, 3.63) is 0 Å². The zero-order valence-electron chi connectivity index (χ0n) is 8.21. The van der Waals surface area contributed by atoms with Crippen molar-refractivity contribution in [3.8, 4) is 0 Å². The minimum Gasteiger partial charge on any atom is -0.481 e. The lowest BCUT2D eigenvalue weighted by Gasteiger charge is -2.21. The Kier molecular flexibility index (Phi) is 5.72. The number of nitrogens with zero attached hydrogens (tertiary/aromatic N) is 1. The van der Waals surface area contributed by atoms with Crippen molar-refractivity contribution in [2.24, 2.45) is 5.92 Å². The first-order valence-electron chi connectivity index (χ1n) is 4.50. The summed E-state index contributed by atoms with van der Waals surface area (Å²) in [6, 6.07) is 0. The quantitative estimate of drug-likeness (QED) is 0.660. The second-order valence-corrected chi connectivity index (χ2v) is 3.43. The van der Waals surface area contributed by atoms with Crippen molar-refractivity contribution in [1.82, 2.24) is 4.90 Å². The maximum Gasteiger partial charge on any atom is 0.304 e. The lowest BCUT2D eigenvalue weighted by Crippen LogP contribution is -2.29. The van der Waals surface area contributed by atoms with Gasteiger partial charge in [-0.15, -0.1) is 0 Å². The summed E-state index contributed by atoms with van der Waals surface area (Å²) in [7, 11) is 0. The number of aliphatic carboxylic acids is 1. The Morgan fingerprint density at radius 1 is 1.50 bits per heavy atom. The Morgan fingerprint density at radius 3 is 2.42 bits per heavy atom. The van der Waals surface area contributed by atoms with Crippen molar-refractivity contribution in [1.29, 1.82) is 0 Å². The molecule has 0 radical (unpaired) electrons. The van der Waals surface area contributed by atoms with Crippen LogP contribution in [-0.2, 0) is 4.79 Å². The Labute approximate surface area is 74.4 Å². The van der Waals surface area contributed by atoms with Gasteiger partial charge in [-0.3, -0.25) is 4.79 Å². The third kappa shape index (κ3) is 6.16. The molecule has 0 fully saturated rings. The summed E-state index contributed by atoms with van der Waals surface area (Å²) < 4.78 is 0. The van der Waals surface area contributed by atoms with Crippen molar-refractivity contribution >= 4 is 5.97 Å². The number of rotatable bonds is 6. The molecule has 3 nitrogen and oxygen atoms in total. The molecule has 0 atom stereocenters. The zero-order chi connectivity index (χ0) is 9.56. The Balaban J connectivity index is 3.60. The molecule has 0 unspecified atom stereocenters. The number of carboxylic acids is 1. The van der Waals surface area contributed by atoms with Crippen LogP contribution in [0.5, 0.6) is 0 Å². The summed E-state index contributed by atoms with van der Waals surface area (Å²) in [4.78, 5) is 12.4. The number of carboxylic acid groups (broad SMARTS) is 1. The fraction of sp³-hybridized carbons (Fsp3) is 0.889. The summed E-state index contributed by atoms with van der Waals surface area (Å²) in [6.45, 7) is 8.94. The third-order valence-corrected chi connectivity index (χ3v) is 1.71. The van der Waals surface area contributed by atoms with E-state index in [9.17, 15) is 4.79 Å². The Bertz CT molecular complexity index is 134. The second kappa shape index (κ2) is 6.00. The molecule has 3 heteroatoms. The van der Waals surface area contributed by atoms with E-state index < -0.39 is 5.97 Å². The van der Waals surface area contributed by atoms with Gasteiger partial charge >= 0.3 is 5.97 Å². The summed E-state index contributed by atoms with van der Waals surface area (Å²) >= 11 is 0. The maximum atomic E-state index is 10.3. The average Bonchev–Trinajstić information content (AvgIpc) is 1.97. The highest BCUT2D eigenvalue weighted by Crippen LogP contribution is 1.99. The molecular formula is C9H19NO2. The van der Waals surface area contributed by atoms with E-state index in [2.05, 4.69) is 25.7 Å². The van der Waals surface area contributed by atoms with Crippen LogP contribution in [0, 0.1) is 5.92 Å². The van der Waals surface area contributed by atoms with E-state index in [1.807, 2.05) is 0 Å². The summed E-state index contributed by atoms with van der Waals surface area (Å²) in [5.74, 6) is -0.101. The van der Waals surface area contributed by atoms with E-state index in [1.165, 1.54) is 0 Å². The molecule has 1 N–H and O–H groups in total. The molecular weight excluding hydrogens is 154 g/mol. The van der Waals surface area contributed by atoms with Gasteiger partial charge in [-0.05, 0) is 12.5 Å². The molecule has 0 spiro atoms. The van der Waals surface area contributed by atoms with Gasteiger partial charge in [0.1, 0.15) is 0 Å². The van der Waals surface area contributed by atoms with E-state index >= 15 is 0 Å². The number of hydrogen-bond donors (Lipinski definition) is 1. The van der Waals surface area contributed by atoms with Crippen LogP contribution in [0.25, 0.3) is 0 Å². The van der Waals surface area contributed by atoms with Crippen LogP contribution in [0.3, 0.4) is 0 Å². The highest BCUT2D eigenvalue weighted by molar-refractivity contribution is 5.66. The molecule has 0 bridgehead atoms. The summed E-state index contributed by atoms with van der Waals surface area (Å²) in [5.41, 5.74) is 0. The minimum absolute atomic E-state index is 0.251. The topological polar surface area (TPSA) is 40.5 Å². The molecule has 0 aromatic rings. The third-order valence-electron chi connectivity index (χ3n) is 1.71. The van der Waals surface area contributed by atoms with Crippen LogP contribution in [0.2, 0.25) is 0 Å². The largest absolute Gasteiger partial charge is 0.481 e. The van der Waals surface area contributed by atoms with Gasteiger partial charge in [0.25, 0.3) is 0 Å². The van der Waals surface area contributed by atoms with E-state index in [0.29, 0.717) is 12.5 Å². The standard InChI is InChI=1S/C9H19NO2/c1-4-10(7-8(2)3)6-5-9(11)12/h8H,4-7H2,1-3H3,(H,11,12). The van der Waals surface area contributed by atoms with E-state index in [-0.39, 0.29) is 6.42 Å². The Hall–Kier alpha value is -0.570. The summed E-state index contributed by atoms with van der Waals surface area (Å²) in [6.07, 6.45) is 0.251. The van der Waals surface area contributed by atoms with Crippen LogP contribution in [0.15, 0.2) is 0 Å². The molecule has 0 aromatic heterocycles. The first-order chi connectivity index (χ1) is 5.56. The first kappa shape index (κ1) is 11.4. The van der Waals surface area contributed by atoms with Gasteiger partial charge in [-0.25, -0.2) is 0 Å². The molecule has 0 heterocycles. The van der Waals surface area contributed by atoms with Crippen LogP contribution >= 0.6 is 0 Å². The first-order valence-corrected chi connectivity index (χ1v) is 4.50. The molecule has 0 aromatic carbocycles. The highest BCUT2D eigenvalue weighted by atomic mass is 16.4. The maximum absolute atomic E-state index is 10.3. The lowest BCUT2D eigenvalue weighted by molar-refractivity contribution is -0.137. The molecule has 12 heavy (non-hydrogen) atoms. The van der Waals surface area contributed by atoms with Gasteiger partial charge in [0.2, 0.25) is 0 Å². The molecule has 0 saturated carbocycles. The van der Waals surface area contributed by atoms with Gasteiger partial charge in [0.15, 0.2) is 0 Å². The molecule has 0 saturated heterocycles. The normalized spacial score (nSPS) is 11.1. The molecule has 0 aliphatic heterocycles. The van der Waals surface area contributed by atoms with Crippen LogP contribution in [0.4, 0.5) is 0 Å². The molecule has 0 aliphatic rings. The zero-order valence-corrected chi connectivity index (χ0v) is 8.21. The molecule has 0 aliphatic carbocycles. The lowest BCUT2D eigenvalue weighted by atomic mass is 10.2. The fourth-order valence-corrected chi connectivity index (χ4v) is 1.15. The van der Waals surface area contributed by atoms with Crippen molar-refractivity contribution < 1.29 is 9.90 Å². The van der Waals surface area contributed by atoms with Gasteiger partial charge < -0.3 is 10.0 Å². The predicted molar refractivity (Wildman–Crippen MR) is 49.2 cm³/mol. The minimum atomic E-state index is -0.711. The average molecular weight is 173 g/mol. The van der Waals surface area contributed by atoms with Crippen molar-refractivity contribution in [2.45, 2.75) is 27.2 Å². The van der Waals surface area contributed by atoms with Crippen LogP contribution < -0.4 is 0 Å². The summed E-state index contributed by atoms with van der Waals surface area (Å²) in [5, 5.41) is 8.47.